The molecule has 5 rings (SSSR count). The van der Waals surface area contributed by atoms with Crippen LogP contribution in [0.15, 0.2) is 17.0 Å². The van der Waals surface area contributed by atoms with Crippen LogP contribution in [0.25, 0.3) is 11.2 Å². The van der Waals surface area contributed by atoms with Crippen molar-refractivity contribution in [3.8, 4) is 0 Å². The molecule has 0 radical (unpaired) electrons. The molecular weight excluding hydrogens is 372 g/mol. The van der Waals surface area contributed by atoms with Crippen molar-refractivity contribution in [1.82, 2.24) is 14.5 Å². The van der Waals surface area contributed by atoms with E-state index in [2.05, 4.69) is 37.7 Å². The Bertz CT molecular complexity index is 820. The molecule has 3 heterocycles. The molecule has 2 aliphatic carbocycles. The van der Waals surface area contributed by atoms with Gasteiger partial charge in [-0.3, -0.25) is 0 Å². The van der Waals surface area contributed by atoms with Gasteiger partial charge in [0.25, 0.3) is 0 Å². The molecule has 6 nitrogen and oxygen atoms in total. The van der Waals surface area contributed by atoms with Crippen LogP contribution in [-0.4, -0.2) is 39.1 Å². The second-order valence-corrected chi connectivity index (χ2v) is 8.28. The molecule has 24 heavy (non-hydrogen) atoms. The van der Waals surface area contributed by atoms with E-state index < -0.39 is 5.79 Å². The van der Waals surface area contributed by atoms with Gasteiger partial charge in [0.05, 0.1) is 24.2 Å². The summed E-state index contributed by atoms with van der Waals surface area (Å²) in [6.07, 6.45) is 3.42. The highest BCUT2D eigenvalue weighted by Gasteiger charge is 2.66. The third kappa shape index (κ3) is 2.07. The largest absolute Gasteiger partial charge is 0.383 e. The first-order valence-corrected chi connectivity index (χ1v) is 9.40. The average Bonchev–Trinajstić information content (AvgIpc) is 2.93. The van der Waals surface area contributed by atoms with E-state index in [1.807, 2.05) is 26.2 Å². The molecule has 0 bridgehead atoms. The quantitative estimate of drug-likeness (QED) is 0.811. The first kappa shape index (κ1) is 15.1. The summed E-state index contributed by atoms with van der Waals surface area (Å²) in [5, 5.41) is 3.37. The Morgan fingerprint density at radius 3 is 2.92 bits per heavy atom. The number of hydrogen-bond donors (Lipinski definition) is 1. The number of nitrogens with one attached hydrogen (secondary N) is 1. The van der Waals surface area contributed by atoms with Crippen LogP contribution in [0.3, 0.4) is 0 Å². The molecule has 1 saturated heterocycles. The summed E-state index contributed by atoms with van der Waals surface area (Å²) in [5.41, 5.74) is 2.84. The van der Waals surface area contributed by atoms with Gasteiger partial charge in [-0.1, -0.05) is 0 Å². The van der Waals surface area contributed by atoms with E-state index in [0.29, 0.717) is 11.8 Å². The third-order valence-electron chi connectivity index (χ3n) is 5.44. The Kier molecular flexibility index (Phi) is 3.10. The summed E-state index contributed by atoms with van der Waals surface area (Å²) in [7, 11) is 0. The maximum absolute atomic E-state index is 6.24. The van der Waals surface area contributed by atoms with Gasteiger partial charge in [-0.25, -0.2) is 9.97 Å². The molecule has 0 unspecified atom stereocenters. The fourth-order valence-electron chi connectivity index (χ4n) is 4.55. The fourth-order valence-corrected chi connectivity index (χ4v) is 4.94. The van der Waals surface area contributed by atoms with Gasteiger partial charge in [0.1, 0.15) is 16.2 Å². The molecule has 0 aromatic carbocycles. The number of imidazole rings is 1. The molecule has 2 aromatic rings. The zero-order valence-electron chi connectivity index (χ0n) is 14.0. The number of pyridine rings is 1. The van der Waals surface area contributed by atoms with E-state index in [-0.39, 0.29) is 18.2 Å². The number of anilines is 1. The van der Waals surface area contributed by atoms with Gasteiger partial charge in [0, 0.05) is 6.54 Å². The molecule has 128 valence electrons. The number of rotatable bonds is 3. The van der Waals surface area contributed by atoms with Crippen LogP contribution >= 0.6 is 15.9 Å². The van der Waals surface area contributed by atoms with Crippen molar-refractivity contribution in [2.24, 2.45) is 11.8 Å². The smallest absolute Gasteiger partial charge is 0.163 e. The van der Waals surface area contributed by atoms with Crippen molar-refractivity contribution < 1.29 is 9.47 Å². The molecule has 7 heteroatoms. The Morgan fingerprint density at radius 1 is 1.33 bits per heavy atom. The SMILES string of the molecule is CCNc1cc(Br)nc2c1ncn2[C@@H]1[C@H]2C[C@H]2[C@H]2OC(C)(C)O[C@H]21. The number of ether oxygens (including phenoxy) is 2. The van der Waals surface area contributed by atoms with Gasteiger partial charge < -0.3 is 19.4 Å². The molecular formula is C17H21BrN4O2. The van der Waals surface area contributed by atoms with Crippen LogP contribution in [0.1, 0.15) is 33.2 Å². The number of aromatic nitrogens is 3. The van der Waals surface area contributed by atoms with E-state index in [1.165, 1.54) is 6.42 Å². The molecule has 1 aliphatic heterocycles. The van der Waals surface area contributed by atoms with Crippen LogP contribution in [-0.2, 0) is 9.47 Å². The first-order valence-electron chi connectivity index (χ1n) is 8.61. The van der Waals surface area contributed by atoms with E-state index >= 15 is 0 Å². The number of fused-ring (bicyclic) bond motifs is 4. The van der Waals surface area contributed by atoms with Crippen molar-refractivity contribution in [1.29, 1.82) is 0 Å². The lowest BCUT2D eigenvalue weighted by Gasteiger charge is -2.24. The molecule has 0 amide bonds. The van der Waals surface area contributed by atoms with Crippen LogP contribution in [0, 0.1) is 11.8 Å². The van der Waals surface area contributed by atoms with Crippen LogP contribution in [0.2, 0.25) is 0 Å². The molecule has 3 fully saturated rings. The minimum Gasteiger partial charge on any atom is -0.383 e. The Balaban J connectivity index is 1.60. The minimum absolute atomic E-state index is 0.0875. The summed E-state index contributed by atoms with van der Waals surface area (Å²) in [6.45, 7) is 6.94. The van der Waals surface area contributed by atoms with Gasteiger partial charge in [0.2, 0.25) is 0 Å². The van der Waals surface area contributed by atoms with E-state index in [4.69, 9.17) is 14.5 Å². The highest BCUT2D eigenvalue weighted by molar-refractivity contribution is 9.10. The van der Waals surface area contributed by atoms with Crippen LogP contribution < -0.4 is 5.32 Å². The summed E-state index contributed by atoms with van der Waals surface area (Å²) < 4.78 is 15.4. The predicted octanol–water partition coefficient (Wildman–Crippen LogP) is 3.34. The van der Waals surface area contributed by atoms with Gasteiger partial charge >= 0.3 is 0 Å². The molecule has 2 saturated carbocycles. The summed E-state index contributed by atoms with van der Waals surface area (Å²) in [5.74, 6) is 0.719. The second-order valence-electron chi connectivity index (χ2n) is 7.47. The Hall–Kier alpha value is -1.18. The minimum atomic E-state index is -0.500. The Morgan fingerprint density at radius 2 is 2.12 bits per heavy atom. The average molecular weight is 393 g/mol. The lowest BCUT2D eigenvalue weighted by Crippen LogP contribution is -2.30. The lowest BCUT2D eigenvalue weighted by molar-refractivity contribution is -0.156. The molecule has 2 aromatic heterocycles. The molecule has 1 N–H and O–H groups in total. The normalized spacial score (nSPS) is 35.9. The van der Waals surface area contributed by atoms with E-state index in [0.717, 1.165) is 28.0 Å². The standard InChI is InChI=1S/C17H21BrN4O2/c1-4-19-10-6-11(18)21-16-12(10)20-7-22(16)13-8-5-9(8)14-15(13)24-17(2,3)23-14/h6-9,13-15H,4-5H2,1-3H3,(H,19,21)/t8-,9+,13+,14+,15-/m0/s1. The monoisotopic (exact) mass is 392 g/mol. The second kappa shape index (κ2) is 4.93. The lowest BCUT2D eigenvalue weighted by atomic mass is 10.1. The zero-order valence-corrected chi connectivity index (χ0v) is 15.6. The maximum Gasteiger partial charge on any atom is 0.163 e. The molecule has 5 atom stereocenters. The zero-order chi connectivity index (χ0) is 16.6. The Labute approximate surface area is 149 Å². The van der Waals surface area contributed by atoms with Crippen LogP contribution in [0.4, 0.5) is 5.69 Å². The van der Waals surface area contributed by atoms with Crippen molar-refractivity contribution >= 4 is 32.8 Å². The summed E-state index contributed by atoms with van der Waals surface area (Å²) >= 11 is 3.53. The van der Waals surface area contributed by atoms with E-state index in [1.54, 1.807) is 0 Å². The van der Waals surface area contributed by atoms with Gasteiger partial charge in [-0.05, 0) is 61.0 Å². The summed E-state index contributed by atoms with van der Waals surface area (Å²) in [4.78, 5) is 9.35. The number of halogens is 1. The number of nitrogens with zero attached hydrogens (tertiary/aromatic N) is 3. The van der Waals surface area contributed by atoms with Gasteiger partial charge in [-0.15, -0.1) is 0 Å². The van der Waals surface area contributed by atoms with Crippen LogP contribution in [0.5, 0.6) is 0 Å². The van der Waals surface area contributed by atoms with Gasteiger partial charge in [-0.2, -0.15) is 0 Å². The van der Waals surface area contributed by atoms with Crippen molar-refractivity contribution in [3.63, 3.8) is 0 Å². The highest BCUT2D eigenvalue weighted by Crippen LogP contribution is 2.63. The highest BCUT2D eigenvalue weighted by atomic mass is 79.9. The van der Waals surface area contributed by atoms with Crippen molar-refractivity contribution in [3.05, 3.63) is 17.0 Å². The predicted molar refractivity (Wildman–Crippen MR) is 93.9 cm³/mol. The molecule has 0 spiro atoms. The fraction of sp³-hybridized carbons (Fsp3) is 0.647. The van der Waals surface area contributed by atoms with Gasteiger partial charge in [0.15, 0.2) is 11.4 Å². The van der Waals surface area contributed by atoms with Crippen molar-refractivity contribution in [2.75, 3.05) is 11.9 Å². The summed E-state index contributed by atoms with van der Waals surface area (Å²) in [6, 6.07) is 2.24. The third-order valence-corrected chi connectivity index (χ3v) is 5.85. The topological polar surface area (TPSA) is 61.2 Å². The first-order chi connectivity index (χ1) is 11.5. The van der Waals surface area contributed by atoms with E-state index in [9.17, 15) is 0 Å². The number of hydrogen-bond acceptors (Lipinski definition) is 5. The van der Waals surface area contributed by atoms with Crippen molar-refractivity contribution in [2.45, 2.75) is 51.2 Å². The maximum atomic E-state index is 6.24. The molecule has 3 aliphatic rings.